The third-order valence-corrected chi connectivity index (χ3v) is 19.7. The minimum Gasteiger partial charge on any atom is -0.466 e. The summed E-state index contributed by atoms with van der Waals surface area (Å²) in [4.78, 5) is 24.7. The second-order valence-electron chi connectivity index (χ2n) is 28.8. The Hall–Kier alpha value is -1.66. The van der Waals surface area contributed by atoms with Crippen LogP contribution in [-0.4, -0.2) is 47.4 Å². The average molecular weight is 1270 g/mol. The summed E-state index contributed by atoms with van der Waals surface area (Å²) in [6.07, 6.45) is 103. The molecule has 0 aliphatic heterocycles. The highest BCUT2D eigenvalue weighted by atomic mass is 16.5. The van der Waals surface area contributed by atoms with Gasteiger partial charge in [-0.25, -0.2) is 0 Å². The van der Waals surface area contributed by atoms with Crippen LogP contribution in [0.2, 0.25) is 0 Å². The summed E-state index contributed by atoms with van der Waals surface area (Å²) in [6, 6.07) is -0.629. The Kier molecular flexibility index (Phi) is 78.3. The Morgan fingerprint density at radius 3 is 0.789 bits per heavy atom. The fraction of sp³-hybridized carbons (Fsp3) is 0.929. The summed E-state index contributed by atoms with van der Waals surface area (Å²) in [5.74, 6) is -0.0392. The van der Waals surface area contributed by atoms with Crippen LogP contribution in [0.4, 0.5) is 0 Å². The molecule has 0 aromatic carbocycles. The number of carbonyl (C=O) groups excluding carboxylic acids is 2. The molecule has 0 aliphatic rings. The molecule has 2 atom stereocenters. The van der Waals surface area contributed by atoms with E-state index in [1.165, 1.54) is 411 Å². The molecule has 0 radical (unpaired) electrons. The molecule has 0 aromatic rings. The number of hydrogen-bond acceptors (Lipinski definition) is 5. The highest BCUT2D eigenvalue weighted by Crippen LogP contribution is 2.20. The van der Waals surface area contributed by atoms with Gasteiger partial charge >= 0.3 is 5.97 Å². The van der Waals surface area contributed by atoms with Gasteiger partial charge in [0.05, 0.1) is 25.4 Å². The Balaban J connectivity index is 3.38. The van der Waals surface area contributed by atoms with Gasteiger partial charge in [-0.1, -0.05) is 430 Å². The molecule has 0 heterocycles. The predicted molar refractivity (Wildman–Crippen MR) is 398 cm³/mol. The van der Waals surface area contributed by atoms with Crippen molar-refractivity contribution in [2.24, 2.45) is 0 Å². The summed E-state index contributed by atoms with van der Waals surface area (Å²) in [5, 5.41) is 23.3. The van der Waals surface area contributed by atoms with Crippen LogP contribution in [0.1, 0.15) is 476 Å². The van der Waals surface area contributed by atoms with Gasteiger partial charge in [0.15, 0.2) is 0 Å². The van der Waals surface area contributed by atoms with Crippen molar-refractivity contribution in [2.45, 2.75) is 488 Å². The topological polar surface area (TPSA) is 95.9 Å². The molecule has 2 unspecified atom stereocenters. The van der Waals surface area contributed by atoms with E-state index >= 15 is 0 Å². The van der Waals surface area contributed by atoms with Gasteiger partial charge in [-0.15, -0.1) is 0 Å². The molecule has 6 heteroatoms. The predicted octanol–water partition coefficient (Wildman–Crippen LogP) is 27.6. The quantitative estimate of drug-likeness (QED) is 0.0320. The third kappa shape index (κ3) is 75.4. The summed E-state index contributed by atoms with van der Waals surface area (Å²) in [5.41, 5.74) is 0. The number of rotatable bonds is 79. The van der Waals surface area contributed by atoms with Crippen LogP contribution >= 0.6 is 0 Å². The van der Waals surface area contributed by atoms with Crippen molar-refractivity contribution >= 4 is 11.9 Å². The van der Waals surface area contributed by atoms with Crippen LogP contribution in [0.3, 0.4) is 0 Å². The van der Waals surface area contributed by atoms with E-state index in [4.69, 9.17) is 4.74 Å². The number of esters is 1. The first kappa shape index (κ1) is 88.3. The van der Waals surface area contributed by atoms with Crippen molar-refractivity contribution in [2.75, 3.05) is 13.2 Å². The van der Waals surface area contributed by atoms with Crippen molar-refractivity contribution in [1.82, 2.24) is 5.32 Å². The van der Waals surface area contributed by atoms with Crippen LogP contribution in [0.25, 0.3) is 0 Å². The SMILES string of the molecule is CCCCCCCCCCCCCCCCCCCCCCCCC/C=C/C(O)C(CO)NC(=O)CCCCCCCCCCCCCCC/C=C\CCCCCCCCCCCCCCOC(=O)CCCCCCCCCCCCCCCCCCCCC. The van der Waals surface area contributed by atoms with Crippen molar-refractivity contribution in [3.8, 4) is 0 Å². The van der Waals surface area contributed by atoms with Crippen LogP contribution < -0.4 is 5.32 Å². The van der Waals surface area contributed by atoms with Crippen LogP contribution in [0.15, 0.2) is 24.3 Å². The van der Waals surface area contributed by atoms with Crippen LogP contribution in [0, 0.1) is 0 Å². The number of ether oxygens (including phenoxy) is 1. The number of aliphatic hydroxyl groups is 2. The van der Waals surface area contributed by atoms with Gasteiger partial charge in [-0.2, -0.15) is 0 Å². The molecule has 6 nitrogen and oxygen atoms in total. The zero-order valence-electron chi connectivity index (χ0n) is 61.4. The summed E-state index contributed by atoms with van der Waals surface area (Å²) < 4.78 is 5.52. The molecular formula is C84H163NO5. The molecular weight excluding hydrogens is 1100 g/mol. The first-order chi connectivity index (χ1) is 44.5. The average Bonchev–Trinajstić information content (AvgIpc) is 3.72. The van der Waals surface area contributed by atoms with Crippen molar-refractivity contribution in [3.63, 3.8) is 0 Å². The lowest BCUT2D eigenvalue weighted by Crippen LogP contribution is -2.45. The minimum absolute atomic E-state index is 0.0223. The van der Waals surface area contributed by atoms with Crippen LogP contribution in [0.5, 0.6) is 0 Å². The molecule has 0 rings (SSSR count). The first-order valence-electron chi connectivity index (χ1n) is 41.6. The van der Waals surface area contributed by atoms with Gasteiger partial charge in [-0.3, -0.25) is 9.59 Å². The molecule has 0 saturated carbocycles. The lowest BCUT2D eigenvalue weighted by Gasteiger charge is -2.20. The molecule has 90 heavy (non-hydrogen) atoms. The molecule has 1 amide bonds. The van der Waals surface area contributed by atoms with E-state index in [-0.39, 0.29) is 18.5 Å². The van der Waals surface area contributed by atoms with Crippen LogP contribution in [-0.2, 0) is 14.3 Å². The van der Waals surface area contributed by atoms with Gasteiger partial charge in [0, 0.05) is 12.8 Å². The maximum absolute atomic E-state index is 12.6. The molecule has 0 fully saturated rings. The molecule has 3 N–H and O–H groups in total. The summed E-state index contributed by atoms with van der Waals surface area (Å²) in [6.45, 7) is 4.97. The largest absolute Gasteiger partial charge is 0.466 e. The fourth-order valence-electron chi connectivity index (χ4n) is 13.4. The Labute approximate surface area is 564 Å². The lowest BCUT2D eigenvalue weighted by atomic mass is 10.0. The monoisotopic (exact) mass is 1270 g/mol. The number of aliphatic hydroxyl groups excluding tert-OH is 2. The zero-order valence-corrected chi connectivity index (χ0v) is 61.4. The molecule has 0 bridgehead atoms. The lowest BCUT2D eigenvalue weighted by molar-refractivity contribution is -0.143. The number of amides is 1. The number of unbranched alkanes of at least 4 members (excludes halogenated alkanes) is 66. The highest BCUT2D eigenvalue weighted by Gasteiger charge is 2.18. The van der Waals surface area contributed by atoms with E-state index in [1.54, 1.807) is 6.08 Å². The number of nitrogens with one attached hydrogen (secondary N) is 1. The molecule has 0 aliphatic carbocycles. The molecule has 0 spiro atoms. The molecule has 0 aromatic heterocycles. The van der Waals surface area contributed by atoms with E-state index in [2.05, 4.69) is 31.3 Å². The minimum atomic E-state index is -0.846. The summed E-state index contributed by atoms with van der Waals surface area (Å²) in [7, 11) is 0. The maximum Gasteiger partial charge on any atom is 0.305 e. The zero-order chi connectivity index (χ0) is 64.9. The fourth-order valence-corrected chi connectivity index (χ4v) is 13.4. The van der Waals surface area contributed by atoms with Gasteiger partial charge in [0.25, 0.3) is 0 Å². The van der Waals surface area contributed by atoms with Crippen molar-refractivity contribution < 1.29 is 24.5 Å². The Morgan fingerprint density at radius 2 is 0.522 bits per heavy atom. The highest BCUT2D eigenvalue weighted by molar-refractivity contribution is 5.76. The summed E-state index contributed by atoms with van der Waals surface area (Å²) >= 11 is 0. The van der Waals surface area contributed by atoms with Gasteiger partial charge in [0.1, 0.15) is 0 Å². The van der Waals surface area contributed by atoms with E-state index in [0.717, 1.165) is 38.5 Å². The second-order valence-corrected chi connectivity index (χ2v) is 28.8. The standard InChI is InChI=1S/C84H163NO5/c1-3-5-7-9-11-13-15-17-19-21-23-24-25-31-34-37-41-44-48-52-56-60-64-68-72-76-82(87)81(80-86)85-83(88)77-73-69-65-61-57-53-49-45-42-38-35-32-29-27-26-28-30-33-36-39-43-47-51-55-59-63-67-71-75-79-90-84(89)78-74-70-66-62-58-54-50-46-40-22-20-18-16-14-12-10-8-6-4-2/h26,28,72,76,81-82,86-87H,3-25,27,29-71,73-75,77-80H2,1-2H3,(H,85,88)/b28-26-,76-72+. The second kappa shape index (κ2) is 79.8. The van der Waals surface area contributed by atoms with Crippen molar-refractivity contribution in [1.29, 1.82) is 0 Å². The van der Waals surface area contributed by atoms with Gasteiger partial charge < -0.3 is 20.3 Å². The number of allylic oxidation sites excluding steroid dienone is 3. The molecule has 534 valence electrons. The Morgan fingerprint density at radius 1 is 0.300 bits per heavy atom. The first-order valence-corrected chi connectivity index (χ1v) is 41.6. The maximum atomic E-state index is 12.6. The number of carbonyl (C=O) groups is 2. The third-order valence-electron chi connectivity index (χ3n) is 19.7. The van der Waals surface area contributed by atoms with E-state index in [0.29, 0.717) is 19.4 Å². The normalized spacial score (nSPS) is 12.5. The molecule has 0 saturated heterocycles. The number of hydrogen-bond donors (Lipinski definition) is 3. The van der Waals surface area contributed by atoms with Gasteiger partial charge in [0.2, 0.25) is 5.91 Å². The van der Waals surface area contributed by atoms with E-state index in [9.17, 15) is 19.8 Å². The van der Waals surface area contributed by atoms with E-state index < -0.39 is 12.1 Å². The van der Waals surface area contributed by atoms with Gasteiger partial charge in [-0.05, 0) is 57.8 Å². The smallest absolute Gasteiger partial charge is 0.305 e. The van der Waals surface area contributed by atoms with Crippen molar-refractivity contribution in [3.05, 3.63) is 24.3 Å². The van der Waals surface area contributed by atoms with E-state index in [1.807, 2.05) is 6.08 Å². The Bertz CT molecular complexity index is 1410.